The van der Waals surface area contributed by atoms with Gasteiger partial charge in [0.15, 0.2) is 0 Å². The summed E-state index contributed by atoms with van der Waals surface area (Å²) in [6, 6.07) is 17.9. The van der Waals surface area contributed by atoms with Gasteiger partial charge in [-0.3, -0.25) is 34.1 Å². The molecular formula is C62H78N8O9. The number of aromatic hydroxyl groups is 1. The first kappa shape index (κ1) is 56.9. The summed E-state index contributed by atoms with van der Waals surface area (Å²) in [5, 5.41) is 27.0. The molecule has 5 aromatic rings. The number of carbonyl (C=O) groups excluding carboxylic acids is 4. The number of rotatable bonds is 11. The van der Waals surface area contributed by atoms with E-state index in [0.717, 1.165) is 76.0 Å². The van der Waals surface area contributed by atoms with Crippen molar-refractivity contribution in [2.45, 2.75) is 135 Å². The highest BCUT2D eigenvalue weighted by molar-refractivity contribution is 5.96. The van der Waals surface area contributed by atoms with Gasteiger partial charge < -0.3 is 44.9 Å². The number of benzene rings is 3. The van der Waals surface area contributed by atoms with E-state index in [1.807, 2.05) is 45.0 Å². The number of phenols is 1. The van der Waals surface area contributed by atoms with Crippen LogP contribution in [0.25, 0.3) is 33.3 Å². The highest BCUT2D eigenvalue weighted by atomic mass is 16.5. The maximum absolute atomic E-state index is 15.0. The van der Waals surface area contributed by atoms with Gasteiger partial charge in [-0.25, -0.2) is 5.43 Å². The van der Waals surface area contributed by atoms with Crippen LogP contribution in [0.3, 0.4) is 0 Å². The quantitative estimate of drug-likeness (QED) is 0.0518. The Morgan fingerprint density at radius 1 is 1.00 bits per heavy atom. The highest BCUT2D eigenvalue weighted by Crippen LogP contribution is 2.43. The van der Waals surface area contributed by atoms with Gasteiger partial charge in [0, 0.05) is 98.6 Å². The van der Waals surface area contributed by atoms with Crippen LogP contribution in [0.5, 0.6) is 5.75 Å². The van der Waals surface area contributed by atoms with Crippen molar-refractivity contribution in [2.24, 2.45) is 11.3 Å². The van der Waals surface area contributed by atoms with Crippen molar-refractivity contribution in [3.8, 4) is 40.0 Å². The molecule has 6 unspecified atom stereocenters. The maximum atomic E-state index is 15.0. The minimum Gasteiger partial charge on any atom is -0.508 e. The minimum absolute atomic E-state index is 0.0238. The number of aromatic nitrogens is 2. The van der Waals surface area contributed by atoms with Crippen LogP contribution in [0.1, 0.15) is 114 Å². The Morgan fingerprint density at radius 3 is 2.48 bits per heavy atom. The van der Waals surface area contributed by atoms with Gasteiger partial charge in [0.2, 0.25) is 5.91 Å². The number of nitrogens with zero attached hydrogens (tertiary/aromatic N) is 5. The number of nitrogens with one attached hydrogen (secondary N) is 2. The van der Waals surface area contributed by atoms with E-state index >= 15 is 0 Å². The average molecular weight is 1080 g/mol. The Hall–Kier alpha value is -6.81. The minimum atomic E-state index is -1.19. The van der Waals surface area contributed by atoms with Gasteiger partial charge in [-0.2, -0.15) is 0 Å². The van der Waals surface area contributed by atoms with Crippen molar-refractivity contribution in [2.75, 3.05) is 59.3 Å². The number of piperidine rings is 1. The predicted octanol–water partition coefficient (Wildman–Crippen LogP) is 6.90. The zero-order chi connectivity index (χ0) is 56.3. The number of carbonyl (C=O) groups is 4. The summed E-state index contributed by atoms with van der Waals surface area (Å²) in [7, 11) is 3.27. The molecule has 9 rings (SSSR count). The summed E-state index contributed by atoms with van der Waals surface area (Å²) >= 11 is 0. The molecule has 6 bridgehead atoms. The molecule has 6 atom stereocenters. The molecule has 6 heterocycles. The zero-order valence-electron chi connectivity index (χ0n) is 47.0. The van der Waals surface area contributed by atoms with E-state index in [1.165, 1.54) is 9.91 Å². The number of hydrazine groups is 1. The third-order valence-electron chi connectivity index (χ3n) is 16.2. The normalized spacial score (nSPS) is 21.9. The topological polar surface area (TPSA) is 214 Å². The van der Waals surface area contributed by atoms with Crippen LogP contribution in [0.15, 0.2) is 72.9 Å². The molecule has 0 aliphatic carbocycles. The van der Waals surface area contributed by atoms with Gasteiger partial charge in [0.05, 0.1) is 36.7 Å². The first-order valence-electron chi connectivity index (χ1n) is 28.0. The lowest BCUT2D eigenvalue weighted by molar-refractivity contribution is -0.155. The van der Waals surface area contributed by atoms with Gasteiger partial charge in [0.1, 0.15) is 30.0 Å². The molecule has 3 aromatic carbocycles. The molecule has 3 saturated heterocycles. The molecule has 0 spiro atoms. The van der Waals surface area contributed by atoms with Crippen LogP contribution in [-0.4, -0.2) is 142 Å². The molecule has 17 nitrogen and oxygen atoms in total. The smallest absolute Gasteiger partial charge is 0.324 e. The number of aryl methyl sites for hydroxylation is 1. The number of fused-ring (bicyclic) bond motifs is 6. The summed E-state index contributed by atoms with van der Waals surface area (Å²) < 4.78 is 20.5. The van der Waals surface area contributed by atoms with Crippen molar-refractivity contribution in [1.82, 2.24) is 35.1 Å². The van der Waals surface area contributed by atoms with Crippen LogP contribution < -0.4 is 16.5 Å². The Morgan fingerprint density at radius 2 is 1.76 bits per heavy atom. The fourth-order valence-corrected chi connectivity index (χ4v) is 12.0. The summed E-state index contributed by atoms with van der Waals surface area (Å²) in [5.41, 5.74) is 17.5. The number of ether oxygens (including phenoxy) is 3. The van der Waals surface area contributed by atoms with Crippen molar-refractivity contribution in [3.05, 3.63) is 101 Å². The van der Waals surface area contributed by atoms with Gasteiger partial charge >= 0.3 is 5.97 Å². The van der Waals surface area contributed by atoms with Gasteiger partial charge in [-0.1, -0.05) is 63.8 Å². The molecule has 4 aliphatic rings. The standard InChI is InChI=1S/C62H78N8O9/c1-9-69-53-19-16-42-33-48(53)50(56(69)49-30-39(35-64-54(49)38(4)77-8)12-10-23-68-25-20-45(71)21-26-68)34-62(5,6)36-79-61(76)51-13-11-24-70(66-51)59(74)52(31-40-28-43(42)32-46(72)29-40)65-58(73)55(37(2)3)67(7)60(75)57-47(22-27-78-57)41-14-17-44(63)18-15-41/h14-19,28-30,32-33,35,37-38,45,47,51-52,55,57,66,71-72H,9,11,13,20-27,31,34,36,63H2,1-8H3,(H,65,73). The van der Waals surface area contributed by atoms with Crippen LogP contribution in [0.2, 0.25) is 0 Å². The number of likely N-dealkylation sites (tertiary alicyclic amines) is 1. The fourth-order valence-electron chi connectivity index (χ4n) is 12.0. The number of phenolic OH excluding ortho intramolecular Hbond substituents is 1. The second kappa shape index (κ2) is 24.3. The van der Waals surface area contributed by atoms with Crippen molar-refractivity contribution in [1.29, 1.82) is 0 Å². The average Bonchev–Trinajstić information content (AvgIpc) is 4.29. The molecule has 3 amide bonds. The number of aliphatic hydroxyl groups excluding tert-OH is 1. The van der Waals surface area contributed by atoms with Crippen LogP contribution in [-0.2, 0) is 52.8 Å². The highest BCUT2D eigenvalue weighted by Gasteiger charge is 2.42. The number of aliphatic hydroxyl groups is 1. The number of nitrogen functional groups attached to an aromatic ring is 1. The number of hydrogen-bond donors (Lipinski definition) is 5. The third-order valence-corrected chi connectivity index (χ3v) is 16.2. The van der Waals surface area contributed by atoms with Crippen molar-refractivity contribution < 1.29 is 43.6 Å². The summed E-state index contributed by atoms with van der Waals surface area (Å²) in [6.07, 6.45) is 3.79. The van der Waals surface area contributed by atoms with Crippen molar-refractivity contribution in [3.63, 3.8) is 0 Å². The molecule has 17 heteroatoms. The first-order chi connectivity index (χ1) is 37.8. The fraction of sp³-hybridized carbons (Fsp3) is 0.500. The largest absolute Gasteiger partial charge is 0.508 e. The van der Waals surface area contributed by atoms with E-state index in [1.54, 1.807) is 44.6 Å². The molecular weight excluding hydrogens is 1000 g/mol. The molecule has 0 saturated carbocycles. The number of hydrogen-bond acceptors (Lipinski definition) is 13. The molecule has 4 aliphatic heterocycles. The SMILES string of the molecule is CCn1c(-c2cc(C#CCN3CCC(O)CC3)cnc2C(C)OC)c2c3cc(ccc31)-c1cc(O)cc(c1)CC(NC(=O)C(C(C)C)N(C)C(=O)C1OCCC1c1ccc(N)cc1)C(=O)N1CCCC(N1)C(=O)OCC(C)(C)C2. The number of likely N-dealkylation sites (N-methyl/N-ethyl adjacent to an activating group) is 1. The molecule has 2 aromatic heterocycles. The molecule has 420 valence electrons. The van der Waals surface area contributed by atoms with E-state index in [2.05, 4.69) is 71.0 Å². The van der Waals surface area contributed by atoms with E-state index in [0.29, 0.717) is 62.2 Å². The maximum Gasteiger partial charge on any atom is 0.324 e. The lowest BCUT2D eigenvalue weighted by Crippen LogP contribution is -2.62. The summed E-state index contributed by atoms with van der Waals surface area (Å²) in [5.74, 6) is 4.25. The van der Waals surface area contributed by atoms with Crippen molar-refractivity contribution >= 4 is 40.3 Å². The predicted molar refractivity (Wildman–Crippen MR) is 303 cm³/mol. The number of methoxy groups -OCH3 is 1. The number of pyridine rings is 1. The lowest BCUT2D eigenvalue weighted by Gasteiger charge is -2.37. The number of amides is 3. The molecule has 3 fully saturated rings. The zero-order valence-corrected chi connectivity index (χ0v) is 47.0. The first-order valence-corrected chi connectivity index (χ1v) is 28.0. The number of cyclic esters (lactones) is 1. The Bertz CT molecular complexity index is 3120. The molecule has 6 N–H and O–H groups in total. The Kier molecular flexibility index (Phi) is 17.5. The Balaban J connectivity index is 1.10. The van der Waals surface area contributed by atoms with Crippen LogP contribution >= 0.6 is 0 Å². The van der Waals surface area contributed by atoms with E-state index in [-0.39, 0.29) is 55.3 Å². The third kappa shape index (κ3) is 12.6. The van der Waals surface area contributed by atoms with Crippen LogP contribution in [0.4, 0.5) is 5.69 Å². The Labute approximate surface area is 464 Å². The number of nitrogens with two attached hydrogens (primary N) is 1. The van der Waals surface area contributed by atoms with Gasteiger partial charge in [-0.05, 0) is 129 Å². The summed E-state index contributed by atoms with van der Waals surface area (Å²) in [6.45, 7) is 15.4. The second-order valence-corrected chi connectivity index (χ2v) is 23.1. The van der Waals surface area contributed by atoms with E-state index in [4.69, 9.17) is 24.9 Å². The molecule has 0 radical (unpaired) electrons. The molecule has 79 heavy (non-hydrogen) atoms. The monoisotopic (exact) mass is 1080 g/mol. The van der Waals surface area contributed by atoms with Gasteiger partial charge in [0.25, 0.3) is 11.8 Å². The number of esters is 1. The lowest BCUT2D eigenvalue weighted by atomic mass is 9.84. The van der Waals surface area contributed by atoms with E-state index < -0.39 is 47.4 Å². The van der Waals surface area contributed by atoms with Gasteiger partial charge in [-0.15, -0.1) is 0 Å². The second-order valence-electron chi connectivity index (χ2n) is 23.1. The number of anilines is 1. The van der Waals surface area contributed by atoms with Crippen LogP contribution in [0, 0.1) is 23.2 Å². The summed E-state index contributed by atoms with van der Waals surface area (Å²) in [4.78, 5) is 67.1. The van der Waals surface area contributed by atoms with E-state index in [9.17, 15) is 29.4 Å².